The summed E-state index contributed by atoms with van der Waals surface area (Å²) in [5, 5.41) is 8.32. The Morgan fingerprint density at radius 3 is 2.86 bits per heavy atom. The van der Waals surface area contributed by atoms with Crippen molar-refractivity contribution in [3.05, 3.63) is 16.4 Å². The summed E-state index contributed by atoms with van der Waals surface area (Å²) in [5.41, 5.74) is 1.36. The third kappa shape index (κ3) is 4.10. The quantitative estimate of drug-likeness (QED) is 0.751. The van der Waals surface area contributed by atoms with Crippen LogP contribution in [0.2, 0.25) is 0 Å². The Balaban J connectivity index is 2.23. The first kappa shape index (κ1) is 17.0. The van der Waals surface area contributed by atoms with Gasteiger partial charge in [-0.25, -0.2) is 0 Å². The van der Waals surface area contributed by atoms with Crippen LogP contribution in [0.5, 0.6) is 0 Å². The fraction of sp³-hybridized carbons (Fsp3) is 0.824. The van der Waals surface area contributed by atoms with Crippen molar-refractivity contribution in [1.82, 2.24) is 15.1 Å². The fourth-order valence-electron chi connectivity index (χ4n) is 3.78. The van der Waals surface area contributed by atoms with Crippen LogP contribution >= 0.6 is 15.9 Å². The van der Waals surface area contributed by atoms with Gasteiger partial charge in [0.15, 0.2) is 0 Å². The summed E-state index contributed by atoms with van der Waals surface area (Å²) >= 11 is 3.73. The molecule has 0 bridgehead atoms. The Kier molecular flexibility index (Phi) is 6.74. The molecule has 3 atom stereocenters. The highest BCUT2D eigenvalue weighted by molar-refractivity contribution is 9.10. The molecule has 3 unspecified atom stereocenters. The van der Waals surface area contributed by atoms with Gasteiger partial charge in [0.1, 0.15) is 0 Å². The standard InChI is InChI=1S/C17H30BrN3/c1-4-10-21-17(15(18)12-20-21)16(19-6-3)14-9-7-8-13(5-2)11-14/h12-14,16,19H,4-11H2,1-3H3. The van der Waals surface area contributed by atoms with Crippen LogP contribution in [-0.2, 0) is 6.54 Å². The van der Waals surface area contributed by atoms with E-state index in [2.05, 4.69) is 51.8 Å². The van der Waals surface area contributed by atoms with Gasteiger partial charge in [-0.15, -0.1) is 0 Å². The maximum Gasteiger partial charge on any atom is 0.0698 e. The van der Waals surface area contributed by atoms with Crippen molar-refractivity contribution in [1.29, 1.82) is 0 Å². The molecular formula is C17H30BrN3. The van der Waals surface area contributed by atoms with Crippen LogP contribution in [0.4, 0.5) is 0 Å². The Labute approximate surface area is 138 Å². The normalized spacial score (nSPS) is 24.2. The van der Waals surface area contributed by atoms with Crippen LogP contribution in [-0.4, -0.2) is 16.3 Å². The molecule has 0 spiro atoms. The molecule has 0 radical (unpaired) electrons. The van der Waals surface area contributed by atoms with E-state index in [0.717, 1.165) is 31.3 Å². The highest BCUT2D eigenvalue weighted by atomic mass is 79.9. The summed E-state index contributed by atoms with van der Waals surface area (Å²) in [7, 11) is 0. The number of aryl methyl sites for hydroxylation is 1. The monoisotopic (exact) mass is 355 g/mol. The van der Waals surface area contributed by atoms with Crippen LogP contribution in [0.1, 0.15) is 71.0 Å². The second kappa shape index (κ2) is 8.33. The smallest absolute Gasteiger partial charge is 0.0698 e. The topological polar surface area (TPSA) is 29.9 Å². The van der Waals surface area contributed by atoms with Gasteiger partial charge in [-0.2, -0.15) is 5.10 Å². The van der Waals surface area contributed by atoms with E-state index in [1.807, 2.05) is 6.20 Å². The molecule has 1 saturated carbocycles. The lowest BCUT2D eigenvalue weighted by Crippen LogP contribution is -2.33. The summed E-state index contributed by atoms with van der Waals surface area (Å²) < 4.78 is 3.37. The molecule has 0 aliphatic heterocycles. The van der Waals surface area contributed by atoms with E-state index in [4.69, 9.17) is 0 Å². The van der Waals surface area contributed by atoms with Crippen LogP contribution in [0.3, 0.4) is 0 Å². The molecule has 0 aromatic carbocycles. The first-order valence-corrected chi connectivity index (χ1v) is 9.45. The minimum atomic E-state index is 0.438. The SMILES string of the molecule is CCCn1ncc(Br)c1C(NCC)C1CCCC(CC)C1. The first-order chi connectivity index (χ1) is 10.2. The molecule has 1 aliphatic carbocycles. The van der Waals surface area contributed by atoms with Crippen molar-refractivity contribution in [2.75, 3.05) is 6.54 Å². The molecule has 1 aliphatic rings. The zero-order chi connectivity index (χ0) is 15.2. The zero-order valence-corrected chi connectivity index (χ0v) is 15.3. The average Bonchev–Trinajstić information content (AvgIpc) is 2.86. The Bertz CT molecular complexity index is 430. The number of hydrogen-bond acceptors (Lipinski definition) is 2. The molecule has 2 rings (SSSR count). The van der Waals surface area contributed by atoms with Crippen LogP contribution in [0.15, 0.2) is 10.7 Å². The van der Waals surface area contributed by atoms with Crippen molar-refractivity contribution < 1.29 is 0 Å². The van der Waals surface area contributed by atoms with Gasteiger partial charge in [0.05, 0.1) is 22.4 Å². The van der Waals surface area contributed by atoms with E-state index in [0.29, 0.717) is 6.04 Å². The summed E-state index contributed by atoms with van der Waals surface area (Å²) in [4.78, 5) is 0. The van der Waals surface area contributed by atoms with Gasteiger partial charge < -0.3 is 5.32 Å². The van der Waals surface area contributed by atoms with Gasteiger partial charge in [0, 0.05) is 6.54 Å². The molecule has 120 valence electrons. The number of rotatable bonds is 7. The maximum atomic E-state index is 4.57. The number of hydrogen-bond donors (Lipinski definition) is 1. The fourth-order valence-corrected chi connectivity index (χ4v) is 4.33. The third-order valence-electron chi connectivity index (χ3n) is 4.86. The van der Waals surface area contributed by atoms with E-state index < -0.39 is 0 Å². The molecular weight excluding hydrogens is 326 g/mol. The summed E-state index contributed by atoms with van der Waals surface area (Å²) in [6.07, 6.45) is 9.92. The molecule has 1 aromatic heterocycles. The van der Waals surface area contributed by atoms with Crippen LogP contribution < -0.4 is 5.32 Å². The minimum absolute atomic E-state index is 0.438. The molecule has 0 saturated heterocycles. The summed E-state index contributed by atoms with van der Waals surface area (Å²) in [5.74, 6) is 1.65. The Hall–Kier alpha value is -0.350. The second-order valence-corrected chi connectivity index (χ2v) is 7.19. The molecule has 1 N–H and O–H groups in total. The lowest BCUT2D eigenvalue weighted by atomic mass is 9.76. The minimum Gasteiger partial charge on any atom is -0.309 e. The largest absolute Gasteiger partial charge is 0.309 e. The van der Waals surface area contributed by atoms with Crippen molar-refractivity contribution >= 4 is 15.9 Å². The van der Waals surface area contributed by atoms with E-state index in [9.17, 15) is 0 Å². The van der Waals surface area contributed by atoms with E-state index in [-0.39, 0.29) is 0 Å². The predicted molar refractivity (Wildman–Crippen MR) is 92.4 cm³/mol. The molecule has 4 heteroatoms. The first-order valence-electron chi connectivity index (χ1n) is 8.65. The number of halogens is 1. The van der Waals surface area contributed by atoms with Crippen molar-refractivity contribution in [3.63, 3.8) is 0 Å². The van der Waals surface area contributed by atoms with E-state index in [1.54, 1.807) is 0 Å². The predicted octanol–water partition coefficient (Wildman–Crippen LogP) is 4.92. The zero-order valence-electron chi connectivity index (χ0n) is 13.7. The number of nitrogens with one attached hydrogen (secondary N) is 1. The highest BCUT2D eigenvalue weighted by Crippen LogP contribution is 2.40. The van der Waals surface area contributed by atoms with Crippen molar-refractivity contribution in [2.45, 2.75) is 71.9 Å². The summed E-state index contributed by atoms with van der Waals surface area (Å²) in [6, 6.07) is 0.438. The lowest BCUT2D eigenvalue weighted by Gasteiger charge is -2.35. The van der Waals surface area contributed by atoms with Gasteiger partial charge in [-0.3, -0.25) is 4.68 Å². The Morgan fingerprint density at radius 2 is 2.19 bits per heavy atom. The van der Waals surface area contributed by atoms with Gasteiger partial charge in [-0.05, 0) is 53.6 Å². The van der Waals surface area contributed by atoms with Gasteiger partial charge >= 0.3 is 0 Å². The number of aromatic nitrogens is 2. The van der Waals surface area contributed by atoms with Gasteiger partial charge in [0.2, 0.25) is 0 Å². The van der Waals surface area contributed by atoms with Crippen molar-refractivity contribution in [3.8, 4) is 0 Å². The molecule has 1 heterocycles. The molecule has 0 amide bonds. The molecule has 1 aromatic rings. The Morgan fingerprint density at radius 1 is 1.38 bits per heavy atom. The van der Waals surface area contributed by atoms with Gasteiger partial charge in [0.25, 0.3) is 0 Å². The van der Waals surface area contributed by atoms with Crippen LogP contribution in [0, 0.1) is 11.8 Å². The average molecular weight is 356 g/mol. The maximum absolute atomic E-state index is 4.57. The van der Waals surface area contributed by atoms with E-state index >= 15 is 0 Å². The van der Waals surface area contributed by atoms with Crippen LogP contribution in [0.25, 0.3) is 0 Å². The van der Waals surface area contributed by atoms with Gasteiger partial charge in [-0.1, -0.05) is 40.0 Å². The molecule has 1 fully saturated rings. The summed E-state index contributed by atoms with van der Waals surface area (Å²) in [6.45, 7) is 8.79. The van der Waals surface area contributed by atoms with Crippen molar-refractivity contribution in [2.24, 2.45) is 11.8 Å². The molecule has 21 heavy (non-hydrogen) atoms. The second-order valence-electron chi connectivity index (χ2n) is 6.34. The third-order valence-corrected chi connectivity index (χ3v) is 5.47. The lowest BCUT2D eigenvalue weighted by molar-refractivity contribution is 0.204. The molecule has 3 nitrogen and oxygen atoms in total. The highest BCUT2D eigenvalue weighted by Gasteiger charge is 2.31. The number of nitrogens with zero attached hydrogens (tertiary/aromatic N) is 2. The van der Waals surface area contributed by atoms with E-state index in [1.165, 1.54) is 42.3 Å².